The van der Waals surface area contributed by atoms with Gasteiger partial charge in [0.15, 0.2) is 0 Å². The van der Waals surface area contributed by atoms with Gasteiger partial charge in [-0.25, -0.2) is 8.42 Å². The second kappa shape index (κ2) is 5.12. The molecule has 0 aromatic heterocycles. The summed E-state index contributed by atoms with van der Waals surface area (Å²) in [5.41, 5.74) is 0.402. The van der Waals surface area contributed by atoms with Crippen LogP contribution < -0.4 is 9.47 Å². The molecular weight excluding hydrogens is 275 g/mol. The molecule has 0 heterocycles. The average molecular weight is 285 g/mol. The van der Waals surface area contributed by atoms with Gasteiger partial charge in [-0.3, -0.25) is 0 Å². The van der Waals surface area contributed by atoms with Crippen molar-refractivity contribution in [1.29, 1.82) is 0 Å². The molecule has 0 N–H and O–H groups in total. The van der Waals surface area contributed by atoms with E-state index in [1.54, 1.807) is 0 Å². The Balaban J connectivity index is 3.25. The minimum absolute atomic E-state index is 0.342. The number of hydrogen-bond acceptors (Lipinski definition) is 4. The van der Waals surface area contributed by atoms with E-state index in [2.05, 4.69) is 0 Å². The summed E-state index contributed by atoms with van der Waals surface area (Å²) in [4.78, 5) is 0. The zero-order valence-electron chi connectivity index (χ0n) is 8.66. The van der Waals surface area contributed by atoms with Crippen molar-refractivity contribution in [3.05, 3.63) is 22.7 Å². The van der Waals surface area contributed by atoms with Gasteiger partial charge in [0, 0.05) is 22.3 Å². The largest absolute Gasteiger partial charge is 0.496 e. The van der Waals surface area contributed by atoms with Crippen molar-refractivity contribution >= 4 is 31.3 Å². The molecule has 0 spiro atoms. The van der Waals surface area contributed by atoms with Crippen molar-refractivity contribution < 1.29 is 17.9 Å². The summed E-state index contributed by atoms with van der Waals surface area (Å²) in [6.45, 7) is 0. The Morgan fingerprint density at radius 2 is 1.75 bits per heavy atom. The van der Waals surface area contributed by atoms with Crippen LogP contribution in [0.2, 0.25) is 5.02 Å². The highest BCUT2D eigenvalue weighted by atomic mass is 35.7. The zero-order valence-corrected chi connectivity index (χ0v) is 11.0. The van der Waals surface area contributed by atoms with E-state index in [-0.39, 0.29) is 5.75 Å². The van der Waals surface area contributed by atoms with Crippen molar-refractivity contribution in [3.63, 3.8) is 0 Å². The predicted octanol–water partition coefficient (Wildman–Crippen LogP) is 2.43. The van der Waals surface area contributed by atoms with Gasteiger partial charge in [-0.2, -0.15) is 0 Å². The first-order valence-corrected chi connectivity index (χ1v) is 7.05. The fraction of sp³-hybridized carbons (Fsp3) is 0.333. The van der Waals surface area contributed by atoms with Gasteiger partial charge in [0.2, 0.25) is 9.05 Å². The summed E-state index contributed by atoms with van der Waals surface area (Å²) in [6, 6.07) is 2.97. The van der Waals surface area contributed by atoms with Gasteiger partial charge in [0.25, 0.3) is 0 Å². The standard InChI is InChI=1S/C9H10Cl2O4S/c1-14-8-4-7(10)9(15-2)3-6(8)5-16(11,12)13/h3-4H,5H2,1-2H3. The third-order valence-electron chi connectivity index (χ3n) is 1.88. The molecule has 0 amide bonds. The lowest BCUT2D eigenvalue weighted by Gasteiger charge is -2.10. The monoisotopic (exact) mass is 284 g/mol. The molecule has 0 bridgehead atoms. The highest BCUT2D eigenvalue weighted by Gasteiger charge is 2.15. The lowest BCUT2D eigenvalue weighted by atomic mass is 10.2. The molecular formula is C9H10Cl2O4S. The molecule has 0 unspecified atom stereocenters. The highest BCUT2D eigenvalue weighted by Crippen LogP contribution is 2.33. The number of halogens is 2. The molecule has 0 fully saturated rings. The van der Waals surface area contributed by atoms with Gasteiger partial charge in [-0.05, 0) is 6.07 Å². The van der Waals surface area contributed by atoms with Crippen LogP contribution in [0.4, 0.5) is 0 Å². The molecule has 0 aliphatic heterocycles. The van der Waals surface area contributed by atoms with Crippen molar-refractivity contribution in [1.82, 2.24) is 0 Å². The predicted molar refractivity (Wildman–Crippen MR) is 63.0 cm³/mol. The molecule has 0 radical (unpaired) electrons. The second-order valence-electron chi connectivity index (χ2n) is 2.98. The number of methoxy groups -OCH3 is 2. The van der Waals surface area contributed by atoms with Crippen LogP contribution in [0.25, 0.3) is 0 Å². The topological polar surface area (TPSA) is 52.6 Å². The van der Waals surface area contributed by atoms with E-state index in [9.17, 15) is 8.42 Å². The summed E-state index contributed by atoms with van der Waals surface area (Å²) in [6.07, 6.45) is 0. The van der Waals surface area contributed by atoms with Crippen LogP contribution >= 0.6 is 22.3 Å². The Hall–Kier alpha value is -0.650. The summed E-state index contributed by atoms with van der Waals surface area (Å²) >= 11 is 5.86. The number of benzene rings is 1. The second-order valence-corrected chi connectivity index (χ2v) is 6.17. The first-order valence-electron chi connectivity index (χ1n) is 4.20. The van der Waals surface area contributed by atoms with Gasteiger partial charge in [-0.1, -0.05) is 11.6 Å². The van der Waals surface area contributed by atoms with Crippen LogP contribution in [0.15, 0.2) is 12.1 Å². The minimum Gasteiger partial charge on any atom is -0.496 e. The maximum absolute atomic E-state index is 11.0. The van der Waals surface area contributed by atoms with Gasteiger partial charge < -0.3 is 9.47 Å². The van der Waals surface area contributed by atoms with Crippen molar-refractivity contribution in [2.75, 3.05) is 14.2 Å². The Labute approximate surface area is 103 Å². The lowest BCUT2D eigenvalue weighted by molar-refractivity contribution is 0.400. The molecule has 16 heavy (non-hydrogen) atoms. The molecule has 7 heteroatoms. The van der Waals surface area contributed by atoms with Crippen molar-refractivity contribution in [3.8, 4) is 11.5 Å². The maximum Gasteiger partial charge on any atom is 0.236 e. The van der Waals surface area contributed by atoms with Gasteiger partial charge in [0.1, 0.15) is 11.5 Å². The number of ether oxygens (including phenoxy) is 2. The molecule has 0 aliphatic rings. The molecule has 1 aromatic rings. The first kappa shape index (κ1) is 13.4. The molecule has 0 atom stereocenters. The summed E-state index contributed by atoms with van der Waals surface area (Å²) < 4.78 is 32.0. The zero-order chi connectivity index (χ0) is 12.3. The Morgan fingerprint density at radius 1 is 1.19 bits per heavy atom. The summed E-state index contributed by atoms with van der Waals surface area (Å²) in [7, 11) is 4.38. The van der Waals surface area contributed by atoms with E-state index >= 15 is 0 Å². The summed E-state index contributed by atoms with van der Waals surface area (Å²) in [5.74, 6) is 0.387. The molecule has 0 aliphatic carbocycles. The van der Waals surface area contributed by atoms with Crippen molar-refractivity contribution in [2.45, 2.75) is 5.75 Å². The van der Waals surface area contributed by atoms with Crippen LogP contribution in [0, 0.1) is 0 Å². The number of rotatable bonds is 4. The van der Waals surface area contributed by atoms with Gasteiger partial charge >= 0.3 is 0 Å². The third kappa shape index (κ3) is 3.43. The van der Waals surface area contributed by atoms with E-state index in [0.717, 1.165) is 0 Å². The van der Waals surface area contributed by atoms with Gasteiger partial charge in [-0.15, -0.1) is 0 Å². The van der Waals surface area contributed by atoms with E-state index in [1.165, 1.54) is 26.4 Å². The summed E-state index contributed by atoms with van der Waals surface area (Å²) in [5, 5.41) is 0.343. The molecule has 1 aromatic carbocycles. The fourth-order valence-electron chi connectivity index (χ4n) is 1.22. The normalized spacial score (nSPS) is 11.2. The number of hydrogen-bond donors (Lipinski definition) is 0. The first-order chi connectivity index (χ1) is 7.37. The van der Waals surface area contributed by atoms with E-state index in [1.807, 2.05) is 0 Å². The van der Waals surface area contributed by atoms with E-state index in [4.69, 9.17) is 31.8 Å². The lowest BCUT2D eigenvalue weighted by Crippen LogP contribution is -1.99. The molecule has 0 saturated carbocycles. The molecule has 0 saturated heterocycles. The minimum atomic E-state index is -3.65. The van der Waals surface area contributed by atoms with E-state index < -0.39 is 9.05 Å². The quantitative estimate of drug-likeness (QED) is 0.797. The van der Waals surface area contributed by atoms with Crippen LogP contribution in [0.3, 0.4) is 0 Å². The Kier molecular flexibility index (Phi) is 4.29. The molecule has 1 rings (SSSR count). The Bertz CT molecular complexity index is 485. The smallest absolute Gasteiger partial charge is 0.236 e. The van der Waals surface area contributed by atoms with Crippen LogP contribution in [-0.4, -0.2) is 22.6 Å². The molecule has 90 valence electrons. The van der Waals surface area contributed by atoms with E-state index in [0.29, 0.717) is 22.1 Å². The maximum atomic E-state index is 11.0. The highest BCUT2D eigenvalue weighted by molar-refractivity contribution is 8.13. The SMILES string of the molecule is COc1cc(CS(=O)(=O)Cl)c(OC)cc1Cl. The van der Waals surface area contributed by atoms with Crippen LogP contribution in [0.5, 0.6) is 11.5 Å². The fourth-order valence-corrected chi connectivity index (χ4v) is 2.40. The Morgan fingerprint density at radius 3 is 2.19 bits per heavy atom. The van der Waals surface area contributed by atoms with Crippen molar-refractivity contribution in [2.24, 2.45) is 0 Å². The molecule has 4 nitrogen and oxygen atoms in total. The van der Waals surface area contributed by atoms with Crippen LogP contribution in [0.1, 0.15) is 5.56 Å². The average Bonchev–Trinajstić information content (AvgIpc) is 2.18. The van der Waals surface area contributed by atoms with Crippen LogP contribution in [-0.2, 0) is 14.8 Å². The third-order valence-corrected chi connectivity index (χ3v) is 3.16. The van der Waals surface area contributed by atoms with Gasteiger partial charge in [0.05, 0.1) is 25.0 Å².